The van der Waals surface area contributed by atoms with E-state index >= 15 is 0 Å². The van der Waals surface area contributed by atoms with E-state index < -0.39 is 10.3 Å². The molecule has 2 aromatic rings. The maximum absolute atomic E-state index is 11.3. The molecule has 0 heterocycles. The van der Waals surface area contributed by atoms with Gasteiger partial charge in [-0.2, -0.15) is 0 Å². The molecule has 0 amide bonds. The van der Waals surface area contributed by atoms with Crippen LogP contribution in [-0.2, 0) is 10.3 Å². The summed E-state index contributed by atoms with van der Waals surface area (Å²) >= 11 is 0. The van der Waals surface area contributed by atoms with E-state index in [9.17, 15) is 13.0 Å². The summed E-state index contributed by atoms with van der Waals surface area (Å²) in [5, 5.41) is 0. The highest BCUT2D eigenvalue weighted by Crippen LogP contribution is 2.27. The van der Waals surface area contributed by atoms with Crippen molar-refractivity contribution in [2.75, 3.05) is 4.31 Å². The molecule has 0 spiro atoms. The molecule has 0 saturated heterocycles. The topological polar surface area (TPSA) is 60.4 Å². The van der Waals surface area contributed by atoms with Gasteiger partial charge in [-0.05, 0) is 24.3 Å². The number of hydrogen-bond acceptors (Lipinski definition) is 3. The van der Waals surface area contributed by atoms with Gasteiger partial charge in [0.1, 0.15) is 0 Å². The molecule has 0 radical (unpaired) electrons. The van der Waals surface area contributed by atoms with E-state index in [0.29, 0.717) is 11.4 Å². The van der Waals surface area contributed by atoms with Crippen LogP contribution in [0.3, 0.4) is 0 Å². The highest BCUT2D eigenvalue weighted by atomic mass is 32.2. The third-order valence-corrected chi connectivity index (χ3v) is 3.07. The Labute approximate surface area is 100 Å². The number of benzene rings is 2. The molecule has 0 fully saturated rings. The monoisotopic (exact) mass is 248 g/mol. The lowest BCUT2D eigenvalue weighted by Gasteiger charge is -2.27. The Morgan fingerprint density at radius 2 is 1.12 bits per heavy atom. The van der Waals surface area contributed by atoms with Crippen molar-refractivity contribution in [2.45, 2.75) is 0 Å². The van der Waals surface area contributed by atoms with E-state index in [1.54, 1.807) is 60.7 Å². The van der Waals surface area contributed by atoms with Gasteiger partial charge < -0.3 is 4.55 Å². The van der Waals surface area contributed by atoms with Crippen LogP contribution in [0.1, 0.15) is 0 Å². The summed E-state index contributed by atoms with van der Waals surface area (Å²) in [5.41, 5.74) is 0.655. The normalized spacial score (nSPS) is 11.1. The van der Waals surface area contributed by atoms with Gasteiger partial charge in [-0.25, -0.2) is 12.7 Å². The zero-order valence-corrected chi connectivity index (χ0v) is 9.67. The summed E-state index contributed by atoms with van der Waals surface area (Å²) < 4.78 is 34.7. The van der Waals surface area contributed by atoms with Gasteiger partial charge in [-0.15, -0.1) is 0 Å². The van der Waals surface area contributed by atoms with Gasteiger partial charge >= 0.3 is 0 Å². The van der Waals surface area contributed by atoms with Crippen LogP contribution in [0, 0.1) is 0 Å². The fourth-order valence-electron chi connectivity index (χ4n) is 1.53. The van der Waals surface area contributed by atoms with E-state index in [2.05, 4.69) is 0 Å². The van der Waals surface area contributed by atoms with Crippen LogP contribution in [0.4, 0.5) is 11.4 Å². The molecule has 0 aromatic heterocycles. The molecule has 0 aliphatic heterocycles. The predicted molar refractivity (Wildman–Crippen MR) is 64.7 cm³/mol. The number of rotatable bonds is 3. The molecule has 0 aliphatic carbocycles. The Hall–Kier alpha value is -1.85. The van der Waals surface area contributed by atoms with Crippen LogP contribution in [0.5, 0.6) is 0 Å². The minimum Gasteiger partial charge on any atom is -0.731 e. The lowest BCUT2D eigenvalue weighted by atomic mass is 10.3. The van der Waals surface area contributed by atoms with Crippen LogP contribution in [0.2, 0.25) is 0 Å². The Balaban J connectivity index is 2.56. The molecule has 0 unspecified atom stereocenters. The molecule has 0 saturated carbocycles. The maximum Gasteiger partial charge on any atom is 0.188 e. The summed E-state index contributed by atoms with van der Waals surface area (Å²) in [6.07, 6.45) is 0. The van der Waals surface area contributed by atoms with Crippen molar-refractivity contribution < 1.29 is 13.0 Å². The van der Waals surface area contributed by atoms with Crippen molar-refractivity contribution in [3.63, 3.8) is 0 Å². The molecule has 2 aromatic carbocycles. The molecule has 2 rings (SSSR count). The van der Waals surface area contributed by atoms with Crippen molar-refractivity contribution in [2.24, 2.45) is 0 Å². The fourth-order valence-corrected chi connectivity index (χ4v) is 2.29. The summed E-state index contributed by atoms with van der Waals surface area (Å²) in [5.74, 6) is 0. The molecule has 0 N–H and O–H groups in total. The third kappa shape index (κ3) is 2.64. The Morgan fingerprint density at radius 1 is 0.765 bits per heavy atom. The van der Waals surface area contributed by atoms with Gasteiger partial charge in [0.2, 0.25) is 0 Å². The van der Waals surface area contributed by atoms with Gasteiger partial charge in [0.05, 0.1) is 11.4 Å². The second-order valence-corrected chi connectivity index (χ2v) is 4.61. The Morgan fingerprint density at radius 3 is 1.41 bits per heavy atom. The van der Waals surface area contributed by atoms with Crippen molar-refractivity contribution in [1.29, 1.82) is 0 Å². The van der Waals surface area contributed by atoms with Crippen LogP contribution >= 0.6 is 0 Å². The highest BCUT2D eigenvalue weighted by molar-refractivity contribution is 7.87. The van der Waals surface area contributed by atoms with E-state index in [1.807, 2.05) is 0 Å². The summed E-state index contributed by atoms with van der Waals surface area (Å²) in [4.78, 5) is 0. The fraction of sp³-hybridized carbons (Fsp3) is 0. The zero-order valence-electron chi connectivity index (χ0n) is 8.85. The number of anilines is 2. The van der Waals surface area contributed by atoms with E-state index in [1.165, 1.54) is 0 Å². The molecule has 5 heteroatoms. The molecule has 88 valence electrons. The minimum atomic E-state index is -4.59. The number of para-hydroxylation sites is 2. The predicted octanol–water partition coefficient (Wildman–Crippen LogP) is 2.28. The minimum absolute atomic E-state index is 0.328. The van der Waals surface area contributed by atoms with Crippen LogP contribution < -0.4 is 4.31 Å². The SMILES string of the molecule is O=S(=O)([O-])N(c1ccccc1)c1ccccc1. The van der Waals surface area contributed by atoms with Crippen molar-refractivity contribution in [1.82, 2.24) is 0 Å². The second kappa shape index (κ2) is 4.57. The summed E-state index contributed by atoms with van der Waals surface area (Å²) in [6, 6.07) is 16.5. The Kier molecular flexibility index (Phi) is 3.12. The number of hydrogen-bond donors (Lipinski definition) is 0. The first-order chi connectivity index (χ1) is 8.09. The molecular weight excluding hydrogens is 238 g/mol. The summed E-state index contributed by atoms with van der Waals surface area (Å²) in [6.45, 7) is 0. The van der Waals surface area contributed by atoms with E-state index in [0.717, 1.165) is 4.31 Å². The standard InChI is InChI=1S/C12H11NO3S/c14-17(15,16)13(11-7-3-1-4-8-11)12-9-5-2-6-10-12/h1-10H,(H,14,15,16)/p-1. The van der Waals surface area contributed by atoms with Gasteiger partial charge in [-0.1, -0.05) is 36.4 Å². The third-order valence-electron chi connectivity index (χ3n) is 2.21. The highest BCUT2D eigenvalue weighted by Gasteiger charge is 2.14. The average molecular weight is 248 g/mol. The average Bonchev–Trinajstić information content (AvgIpc) is 2.30. The first-order valence-electron chi connectivity index (χ1n) is 4.95. The lowest BCUT2D eigenvalue weighted by molar-refractivity contribution is 0.463. The van der Waals surface area contributed by atoms with E-state index in [4.69, 9.17) is 0 Å². The molecule has 0 atom stereocenters. The maximum atomic E-state index is 11.3. The van der Waals surface area contributed by atoms with Gasteiger partial charge in [0.15, 0.2) is 10.3 Å². The van der Waals surface area contributed by atoms with Crippen molar-refractivity contribution >= 4 is 21.7 Å². The lowest BCUT2D eigenvalue weighted by Crippen LogP contribution is -2.25. The Bertz CT molecular complexity index is 542. The van der Waals surface area contributed by atoms with Crippen molar-refractivity contribution in [3.8, 4) is 0 Å². The molecular formula is C12H10NO3S-. The number of nitrogens with zero attached hydrogens (tertiary/aromatic N) is 1. The molecule has 4 nitrogen and oxygen atoms in total. The van der Waals surface area contributed by atoms with Crippen molar-refractivity contribution in [3.05, 3.63) is 60.7 Å². The first kappa shape index (κ1) is 11.6. The molecule has 0 bridgehead atoms. The molecule has 17 heavy (non-hydrogen) atoms. The molecule has 0 aliphatic rings. The smallest absolute Gasteiger partial charge is 0.188 e. The van der Waals surface area contributed by atoms with Crippen LogP contribution in [0.15, 0.2) is 60.7 Å². The quantitative estimate of drug-likeness (QED) is 0.783. The van der Waals surface area contributed by atoms with Crippen LogP contribution in [-0.4, -0.2) is 13.0 Å². The summed E-state index contributed by atoms with van der Waals surface area (Å²) in [7, 11) is -4.59. The van der Waals surface area contributed by atoms with Crippen LogP contribution in [0.25, 0.3) is 0 Å². The largest absolute Gasteiger partial charge is 0.731 e. The van der Waals surface area contributed by atoms with Gasteiger partial charge in [-0.3, -0.25) is 0 Å². The van der Waals surface area contributed by atoms with Gasteiger partial charge in [0, 0.05) is 0 Å². The van der Waals surface area contributed by atoms with E-state index in [-0.39, 0.29) is 0 Å². The van der Waals surface area contributed by atoms with Gasteiger partial charge in [0.25, 0.3) is 0 Å². The first-order valence-corrected chi connectivity index (χ1v) is 6.32. The zero-order chi connectivity index (χ0) is 12.3. The second-order valence-electron chi connectivity index (χ2n) is 3.39.